The highest BCUT2D eigenvalue weighted by molar-refractivity contribution is 5.72. The zero-order valence-electron chi connectivity index (χ0n) is 10.2. The van der Waals surface area contributed by atoms with Gasteiger partial charge in [0.25, 0.3) is 0 Å². The second-order valence-electron chi connectivity index (χ2n) is 4.50. The van der Waals surface area contributed by atoms with Crippen molar-refractivity contribution >= 4 is 5.97 Å². The Morgan fingerprint density at radius 3 is 2.72 bits per heavy atom. The summed E-state index contributed by atoms with van der Waals surface area (Å²) in [5.74, 6) is -0.925. The first-order valence-electron chi connectivity index (χ1n) is 6.03. The Hall–Kier alpha value is -1.43. The van der Waals surface area contributed by atoms with Crippen LogP contribution in [0.3, 0.4) is 0 Å². The van der Waals surface area contributed by atoms with E-state index in [0.29, 0.717) is 19.6 Å². The first-order chi connectivity index (χ1) is 8.69. The zero-order valence-corrected chi connectivity index (χ0v) is 10.2. The van der Waals surface area contributed by atoms with Crippen LogP contribution in [0.25, 0.3) is 0 Å². The SMILES string of the molecule is NC[C@@H]1CN(Cc2ccccc2)C[C@H](C(=O)O)O1. The van der Waals surface area contributed by atoms with Gasteiger partial charge in [0.05, 0.1) is 6.10 Å². The zero-order chi connectivity index (χ0) is 13.0. The van der Waals surface area contributed by atoms with Gasteiger partial charge in [-0.15, -0.1) is 0 Å². The van der Waals surface area contributed by atoms with Crippen molar-refractivity contribution in [3.05, 3.63) is 35.9 Å². The standard InChI is InChI=1S/C13H18N2O3/c14-6-11-8-15(9-12(18-11)13(16)17)7-10-4-2-1-3-5-10/h1-5,11-12H,6-9,14H2,(H,16,17)/t11-,12-/m1/s1. The van der Waals surface area contributed by atoms with Crippen molar-refractivity contribution in [2.75, 3.05) is 19.6 Å². The van der Waals surface area contributed by atoms with Crippen molar-refractivity contribution < 1.29 is 14.6 Å². The van der Waals surface area contributed by atoms with Crippen LogP contribution in [0.4, 0.5) is 0 Å². The highest BCUT2D eigenvalue weighted by Gasteiger charge is 2.31. The van der Waals surface area contributed by atoms with Gasteiger partial charge in [0, 0.05) is 26.2 Å². The normalized spacial score (nSPS) is 24.9. The summed E-state index contributed by atoms with van der Waals surface area (Å²) < 4.78 is 5.40. The molecule has 2 atom stereocenters. The van der Waals surface area contributed by atoms with Crippen LogP contribution in [0, 0.1) is 0 Å². The third-order valence-corrected chi connectivity index (χ3v) is 3.03. The number of ether oxygens (including phenoxy) is 1. The first kappa shape index (κ1) is 13.0. The Bertz CT molecular complexity index is 396. The van der Waals surface area contributed by atoms with E-state index < -0.39 is 12.1 Å². The topological polar surface area (TPSA) is 75.8 Å². The molecule has 0 aliphatic carbocycles. The Morgan fingerprint density at radius 2 is 2.11 bits per heavy atom. The molecule has 2 rings (SSSR count). The minimum atomic E-state index is -0.925. The molecule has 0 amide bonds. The highest BCUT2D eigenvalue weighted by Crippen LogP contribution is 2.14. The summed E-state index contributed by atoms with van der Waals surface area (Å²) in [4.78, 5) is 13.1. The van der Waals surface area contributed by atoms with Crippen molar-refractivity contribution in [1.82, 2.24) is 4.90 Å². The highest BCUT2D eigenvalue weighted by atomic mass is 16.5. The fourth-order valence-corrected chi connectivity index (χ4v) is 2.15. The number of carboxylic acid groups (broad SMARTS) is 1. The Balaban J connectivity index is 2.01. The lowest BCUT2D eigenvalue weighted by Crippen LogP contribution is -2.52. The molecule has 98 valence electrons. The second kappa shape index (κ2) is 5.95. The molecule has 1 aromatic carbocycles. The van der Waals surface area contributed by atoms with Crippen LogP contribution in [0.5, 0.6) is 0 Å². The van der Waals surface area contributed by atoms with E-state index in [2.05, 4.69) is 4.90 Å². The monoisotopic (exact) mass is 250 g/mol. The Labute approximate surface area is 106 Å². The molecule has 0 saturated carbocycles. The van der Waals surface area contributed by atoms with Crippen molar-refractivity contribution in [3.63, 3.8) is 0 Å². The van der Waals surface area contributed by atoms with Crippen molar-refractivity contribution in [3.8, 4) is 0 Å². The second-order valence-corrected chi connectivity index (χ2v) is 4.50. The lowest BCUT2D eigenvalue weighted by molar-refractivity contribution is -0.163. The number of hydrogen-bond acceptors (Lipinski definition) is 4. The quantitative estimate of drug-likeness (QED) is 0.803. The maximum absolute atomic E-state index is 11.0. The third-order valence-electron chi connectivity index (χ3n) is 3.03. The van der Waals surface area contributed by atoms with Gasteiger partial charge in [0.2, 0.25) is 0 Å². The third kappa shape index (κ3) is 3.29. The minimum absolute atomic E-state index is 0.205. The van der Waals surface area contributed by atoms with Gasteiger partial charge in [0.1, 0.15) is 0 Å². The fourth-order valence-electron chi connectivity index (χ4n) is 2.15. The number of benzene rings is 1. The largest absolute Gasteiger partial charge is 0.479 e. The van der Waals surface area contributed by atoms with E-state index in [1.54, 1.807) is 0 Å². The van der Waals surface area contributed by atoms with Gasteiger partial charge < -0.3 is 15.6 Å². The lowest BCUT2D eigenvalue weighted by Gasteiger charge is -2.35. The lowest BCUT2D eigenvalue weighted by atomic mass is 10.1. The molecule has 1 fully saturated rings. The van der Waals surface area contributed by atoms with E-state index in [1.807, 2.05) is 30.3 Å². The average molecular weight is 250 g/mol. The molecule has 5 heteroatoms. The molecular weight excluding hydrogens is 232 g/mol. The Kier molecular flexibility index (Phi) is 4.30. The van der Waals surface area contributed by atoms with Crippen LogP contribution >= 0.6 is 0 Å². The molecule has 3 N–H and O–H groups in total. The molecule has 5 nitrogen and oxygen atoms in total. The predicted octanol–water partition coefficient (Wildman–Crippen LogP) is 0.299. The molecule has 0 aromatic heterocycles. The smallest absolute Gasteiger partial charge is 0.334 e. The van der Waals surface area contributed by atoms with Gasteiger partial charge in [-0.2, -0.15) is 0 Å². The summed E-state index contributed by atoms with van der Waals surface area (Å²) in [6, 6.07) is 9.98. The number of carbonyl (C=O) groups is 1. The molecule has 0 radical (unpaired) electrons. The van der Waals surface area contributed by atoms with Gasteiger partial charge in [-0.1, -0.05) is 30.3 Å². The number of nitrogens with zero attached hydrogens (tertiary/aromatic N) is 1. The van der Waals surface area contributed by atoms with Crippen LogP contribution in [-0.2, 0) is 16.1 Å². The van der Waals surface area contributed by atoms with E-state index in [4.69, 9.17) is 15.6 Å². The van der Waals surface area contributed by atoms with Gasteiger partial charge in [-0.25, -0.2) is 4.79 Å². The molecule has 0 spiro atoms. The molecule has 18 heavy (non-hydrogen) atoms. The van der Waals surface area contributed by atoms with Gasteiger partial charge in [0.15, 0.2) is 6.10 Å². The van der Waals surface area contributed by atoms with E-state index >= 15 is 0 Å². The van der Waals surface area contributed by atoms with E-state index in [-0.39, 0.29) is 6.10 Å². The first-order valence-corrected chi connectivity index (χ1v) is 6.03. The molecule has 1 aromatic rings. The predicted molar refractivity (Wildman–Crippen MR) is 67.1 cm³/mol. The van der Waals surface area contributed by atoms with Crippen LogP contribution in [0.1, 0.15) is 5.56 Å². The van der Waals surface area contributed by atoms with Crippen LogP contribution in [0.2, 0.25) is 0 Å². The number of nitrogens with two attached hydrogens (primary N) is 1. The van der Waals surface area contributed by atoms with Gasteiger partial charge in [-0.05, 0) is 5.56 Å². The van der Waals surface area contributed by atoms with Gasteiger partial charge in [-0.3, -0.25) is 4.90 Å². The molecule has 1 heterocycles. The summed E-state index contributed by atoms with van der Waals surface area (Å²) >= 11 is 0. The average Bonchev–Trinajstić information content (AvgIpc) is 2.39. The number of carboxylic acids is 1. The number of aliphatic carboxylic acids is 1. The molecule has 0 unspecified atom stereocenters. The van der Waals surface area contributed by atoms with Gasteiger partial charge >= 0.3 is 5.97 Å². The van der Waals surface area contributed by atoms with Crippen molar-refractivity contribution in [2.24, 2.45) is 5.73 Å². The molecule has 1 aliphatic rings. The molecule has 0 bridgehead atoms. The van der Waals surface area contributed by atoms with E-state index in [0.717, 1.165) is 6.54 Å². The summed E-state index contributed by atoms with van der Waals surface area (Å²) in [5, 5.41) is 9.04. The summed E-state index contributed by atoms with van der Waals surface area (Å²) in [6.07, 6.45) is -0.987. The number of rotatable bonds is 4. The minimum Gasteiger partial charge on any atom is -0.479 e. The van der Waals surface area contributed by atoms with E-state index in [1.165, 1.54) is 5.56 Å². The number of hydrogen-bond donors (Lipinski definition) is 2. The van der Waals surface area contributed by atoms with Crippen LogP contribution in [0.15, 0.2) is 30.3 Å². The van der Waals surface area contributed by atoms with Crippen LogP contribution < -0.4 is 5.73 Å². The van der Waals surface area contributed by atoms with Crippen molar-refractivity contribution in [2.45, 2.75) is 18.8 Å². The summed E-state index contributed by atoms with van der Waals surface area (Å²) in [7, 11) is 0. The maximum atomic E-state index is 11.0. The Morgan fingerprint density at radius 1 is 1.39 bits per heavy atom. The molecular formula is C13H18N2O3. The van der Waals surface area contributed by atoms with Crippen LogP contribution in [-0.4, -0.2) is 47.8 Å². The summed E-state index contributed by atoms with van der Waals surface area (Å²) in [5.41, 5.74) is 6.74. The van der Waals surface area contributed by atoms with E-state index in [9.17, 15) is 4.79 Å². The fraction of sp³-hybridized carbons (Fsp3) is 0.462. The molecule has 1 aliphatic heterocycles. The number of morpholine rings is 1. The maximum Gasteiger partial charge on any atom is 0.334 e. The van der Waals surface area contributed by atoms with Crippen molar-refractivity contribution in [1.29, 1.82) is 0 Å². The molecule has 1 saturated heterocycles. The summed E-state index contributed by atoms with van der Waals surface area (Å²) in [6.45, 7) is 2.15.